The predicted octanol–water partition coefficient (Wildman–Crippen LogP) is 3.43. The highest BCUT2D eigenvalue weighted by atomic mass is 35.5. The minimum Gasteiger partial charge on any atom is -0.484 e. The quantitative estimate of drug-likeness (QED) is 0.631. The van der Waals surface area contributed by atoms with Gasteiger partial charge in [0.1, 0.15) is 5.75 Å². The van der Waals surface area contributed by atoms with Gasteiger partial charge in [0.2, 0.25) is 5.91 Å². The highest BCUT2D eigenvalue weighted by Gasteiger charge is 2.10. The molecule has 3 aromatic rings. The third-order valence-electron chi connectivity index (χ3n) is 2.90. The Bertz CT molecular complexity index is 827. The molecular formula is C16H13ClN4O3S. The monoisotopic (exact) mass is 376 g/mol. The number of carbonyl (C=O) groups is 1. The van der Waals surface area contributed by atoms with Crippen molar-refractivity contribution in [3.63, 3.8) is 0 Å². The number of halogens is 1. The number of hydrogen-bond donors (Lipinski definition) is 1. The zero-order valence-corrected chi connectivity index (χ0v) is 14.5. The number of nitrogens with zero attached hydrogens (tertiary/aromatic N) is 3. The summed E-state index contributed by atoms with van der Waals surface area (Å²) in [6.07, 6.45) is 3.21. The first-order valence-electron chi connectivity index (χ1n) is 7.22. The van der Waals surface area contributed by atoms with E-state index in [2.05, 4.69) is 20.5 Å². The fraction of sp³-hybridized carbons (Fsp3) is 0.125. The van der Waals surface area contributed by atoms with Crippen molar-refractivity contribution < 1.29 is 13.9 Å². The number of hydrogen-bond acceptors (Lipinski definition) is 7. The van der Waals surface area contributed by atoms with Gasteiger partial charge in [0.05, 0.1) is 17.6 Å². The third kappa shape index (κ3) is 5.47. The molecule has 0 fully saturated rings. The number of aromatic nitrogens is 3. The first-order valence-corrected chi connectivity index (χ1v) is 8.59. The molecule has 3 rings (SSSR count). The van der Waals surface area contributed by atoms with Gasteiger partial charge in [-0.05, 0) is 36.4 Å². The van der Waals surface area contributed by atoms with Crippen LogP contribution >= 0.6 is 23.4 Å². The molecule has 1 N–H and O–H groups in total. The summed E-state index contributed by atoms with van der Waals surface area (Å²) in [4.78, 5) is 15.8. The molecule has 0 aliphatic carbocycles. The van der Waals surface area contributed by atoms with Gasteiger partial charge < -0.3 is 14.5 Å². The SMILES string of the molecule is O=C(CSc1nnc(COc2ccc(Cl)cc2)o1)Nc1cccnc1. The zero-order valence-electron chi connectivity index (χ0n) is 12.9. The van der Waals surface area contributed by atoms with Crippen LogP contribution in [0.3, 0.4) is 0 Å². The van der Waals surface area contributed by atoms with Crippen molar-refractivity contribution in [2.45, 2.75) is 11.8 Å². The average molecular weight is 377 g/mol. The van der Waals surface area contributed by atoms with Crippen LogP contribution in [-0.4, -0.2) is 26.8 Å². The first-order chi connectivity index (χ1) is 12.2. The Morgan fingerprint density at radius 1 is 1.24 bits per heavy atom. The molecule has 7 nitrogen and oxygen atoms in total. The van der Waals surface area contributed by atoms with Gasteiger partial charge in [0, 0.05) is 11.2 Å². The summed E-state index contributed by atoms with van der Waals surface area (Å²) in [5, 5.41) is 11.4. The minimum atomic E-state index is -0.185. The normalized spacial score (nSPS) is 10.4. The number of thioether (sulfide) groups is 1. The van der Waals surface area contributed by atoms with E-state index in [1.165, 1.54) is 0 Å². The van der Waals surface area contributed by atoms with Crippen LogP contribution in [0.25, 0.3) is 0 Å². The van der Waals surface area contributed by atoms with Gasteiger partial charge in [-0.3, -0.25) is 9.78 Å². The molecule has 0 saturated carbocycles. The molecule has 25 heavy (non-hydrogen) atoms. The Labute approximate surface area is 152 Å². The molecule has 0 aliphatic rings. The number of rotatable bonds is 7. The lowest BCUT2D eigenvalue weighted by Gasteiger charge is -2.03. The van der Waals surface area contributed by atoms with Crippen molar-refractivity contribution in [2.24, 2.45) is 0 Å². The summed E-state index contributed by atoms with van der Waals surface area (Å²) in [5.74, 6) is 0.933. The maximum Gasteiger partial charge on any atom is 0.277 e. The number of benzene rings is 1. The van der Waals surface area contributed by atoms with Crippen molar-refractivity contribution in [3.05, 3.63) is 59.7 Å². The molecule has 0 atom stereocenters. The Kier molecular flexibility index (Phi) is 5.86. The van der Waals surface area contributed by atoms with Gasteiger partial charge in [-0.2, -0.15) is 0 Å². The predicted molar refractivity (Wildman–Crippen MR) is 93.7 cm³/mol. The van der Waals surface area contributed by atoms with Gasteiger partial charge in [0.15, 0.2) is 6.61 Å². The fourth-order valence-electron chi connectivity index (χ4n) is 1.79. The molecule has 0 radical (unpaired) electrons. The molecule has 0 spiro atoms. The van der Waals surface area contributed by atoms with Crippen LogP contribution in [0.4, 0.5) is 5.69 Å². The van der Waals surface area contributed by atoms with Crippen molar-refractivity contribution in [1.29, 1.82) is 0 Å². The number of anilines is 1. The van der Waals surface area contributed by atoms with Crippen LogP contribution in [0.2, 0.25) is 5.02 Å². The van der Waals surface area contributed by atoms with Crippen LogP contribution in [0, 0.1) is 0 Å². The number of amides is 1. The van der Waals surface area contributed by atoms with Crippen LogP contribution < -0.4 is 10.1 Å². The highest BCUT2D eigenvalue weighted by Crippen LogP contribution is 2.19. The topological polar surface area (TPSA) is 90.1 Å². The van der Waals surface area contributed by atoms with E-state index in [1.54, 1.807) is 48.8 Å². The molecule has 0 saturated heterocycles. The van der Waals surface area contributed by atoms with E-state index in [1.807, 2.05) is 0 Å². The molecule has 2 heterocycles. The van der Waals surface area contributed by atoms with Gasteiger partial charge in [-0.25, -0.2) is 0 Å². The molecule has 9 heteroatoms. The Morgan fingerprint density at radius 3 is 2.84 bits per heavy atom. The van der Waals surface area contributed by atoms with Crippen molar-refractivity contribution in [2.75, 3.05) is 11.1 Å². The second-order valence-corrected chi connectivity index (χ2v) is 6.15. The van der Waals surface area contributed by atoms with Gasteiger partial charge in [0.25, 0.3) is 11.1 Å². The van der Waals surface area contributed by atoms with E-state index in [4.69, 9.17) is 20.8 Å². The molecular weight excluding hydrogens is 364 g/mol. The summed E-state index contributed by atoms with van der Waals surface area (Å²) in [6, 6.07) is 10.5. The van der Waals surface area contributed by atoms with Gasteiger partial charge >= 0.3 is 0 Å². The Balaban J connectivity index is 1.45. The first kappa shape index (κ1) is 17.2. The molecule has 1 aromatic carbocycles. The molecule has 0 bridgehead atoms. The van der Waals surface area contributed by atoms with Crippen molar-refractivity contribution in [1.82, 2.24) is 15.2 Å². The van der Waals surface area contributed by atoms with E-state index < -0.39 is 0 Å². The standard InChI is InChI=1S/C16H13ClN4O3S/c17-11-3-5-13(6-4-11)23-9-15-20-21-16(24-15)25-10-14(22)19-12-2-1-7-18-8-12/h1-8H,9-10H2,(H,19,22). The molecule has 0 unspecified atom stereocenters. The summed E-state index contributed by atoms with van der Waals surface area (Å²) in [6.45, 7) is 0.136. The molecule has 2 aromatic heterocycles. The molecule has 128 valence electrons. The summed E-state index contributed by atoms with van der Waals surface area (Å²) in [7, 11) is 0. The maximum atomic E-state index is 11.8. The fourth-order valence-corrected chi connectivity index (χ4v) is 2.50. The number of pyridine rings is 1. The average Bonchev–Trinajstić information content (AvgIpc) is 3.08. The minimum absolute atomic E-state index is 0.136. The maximum absolute atomic E-state index is 11.8. The van der Waals surface area contributed by atoms with Gasteiger partial charge in [-0.1, -0.05) is 23.4 Å². The second kappa shape index (κ2) is 8.50. The van der Waals surface area contributed by atoms with Crippen molar-refractivity contribution in [3.8, 4) is 5.75 Å². The van der Waals surface area contributed by atoms with E-state index in [0.717, 1.165) is 11.8 Å². The Hall–Kier alpha value is -2.58. The van der Waals surface area contributed by atoms with Crippen LogP contribution in [-0.2, 0) is 11.4 Å². The summed E-state index contributed by atoms with van der Waals surface area (Å²) >= 11 is 6.95. The number of carbonyl (C=O) groups excluding carboxylic acids is 1. The lowest BCUT2D eigenvalue weighted by molar-refractivity contribution is -0.113. The number of nitrogens with one attached hydrogen (secondary N) is 1. The van der Waals surface area contributed by atoms with E-state index in [-0.39, 0.29) is 18.3 Å². The second-order valence-electron chi connectivity index (χ2n) is 4.78. The number of ether oxygens (including phenoxy) is 1. The summed E-state index contributed by atoms with van der Waals surface area (Å²) < 4.78 is 10.9. The van der Waals surface area contributed by atoms with E-state index >= 15 is 0 Å². The third-order valence-corrected chi connectivity index (χ3v) is 3.97. The lowest BCUT2D eigenvalue weighted by atomic mass is 10.3. The zero-order chi connectivity index (χ0) is 17.5. The smallest absolute Gasteiger partial charge is 0.277 e. The van der Waals surface area contributed by atoms with Crippen LogP contribution in [0.5, 0.6) is 5.75 Å². The van der Waals surface area contributed by atoms with E-state index in [9.17, 15) is 4.79 Å². The van der Waals surface area contributed by atoms with Crippen molar-refractivity contribution >= 4 is 35.0 Å². The molecule has 0 aliphatic heterocycles. The Morgan fingerprint density at radius 2 is 2.08 bits per heavy atom. The largest absolute Gasteiger partial charge is 0.484 e. The molecule has 1 amide bonds. The van der Waals surface area contributed by atoms with Gasteiger partial charge in [-0.15, -0.1) is 10.2 Å². The summed E-state index contributed by atoms with van der Waals surface area (Å²) in [5.41, 5.74) is 0.635. The highest BCUT2D eigenvalue weighted by molar-refractivity contribution is 7.99. The van der Waals surface area contributed by atoms with Crippen LogP contribution in [0.15, 0.2) is 58.4 Å². The van der Waals surface area contributed by atoms with Crippen LogP contribution in [0.1, 0.15) is 5.89 Å². The van der Waals surface area contributed by atoms with E-state index in [0.29, 0.717) is 27.6 Å². The lowest BCUT2D eigenvalue weighted by Crippen LogP contribution is -2.14.